The van der Waals surface area contributed by atoms with Crippen LogP contribution in [0.4, 0.5) is 5.95 Å². The van der Waals surface area contributed by atoms with Gasteiger partial charge in [-0.3, -0.25) is 15.2 Å². The van der Waals surface area contributed by atoms with Crippen molar-refractivity contribution in [1.82, 2.24) is 25.4 Å². The quantitative estimate of drug-likeness (QED) is 0.676. The van der Waals surface area contributed by atoms with Crippen LogP contribution in [0.2, 0.25) is 0 Å². The second-order valence-electron chi connectivity index (χ2n) is 4.88. The molecule has 3 aromatic rings. The summed E-state index contributed by atoms with van der Waals surface area (Å²) in [6.07, 6.45) is 2.22. The summed E-state index contributed by atoms with van der Waals surface area (Å²) in [5, 5.41) is 15.7. The maximum Gasteiger partial charge on any atom is 0.276 e. The summed E-state index contributed by atoms with van der Waals surface area (Å²) < 4.78 is 5.48. The highest BCUT2D eigenvalue weighted by atomic mass is 16.5. The molecule has 8 heteroatoms. The Morgan fingerprint density at radius 3 is 3.09 bits per heavy atom. The van der Waals surface area contributed by atoms with Crippen LogP contribution in [0.1, 0.15) is 16.1 Å². The molecule has 110 valence electrons. The molecule has 0 atom stereocenters. The first-order valence-corrected chi connectivity index (χ1v) is 6.78. The van der Waals surface area contributed by atoms with Crippen molar-refractivity contribution in [1.29, 1.82) is 0 Å². The van der Waals surface area contributed by atoms with Crippen molar-refractivity contribution in [3.8, 4) is 17.0 Å². The van der Waals surface area contributed by atoms with Crippen LogP contribution in [0.15, 0.2) is 30.6 Å². The van der Waals surface area contributed by atoms with Crippen LogP contribution in [0.25, 0.3) is 11.3 Å². The van der Waals surface area contributed by atoms with E-state index in [9.17, 15) is 4.79 Å². The van der Waals surface area contributed by atoms with Crippen LogP contribution in [0.3, 0.4) is 0 Å². The second kappa shape index (κ2) is 4.99. The van der Waals surface area contributed by atoms with Crippen molar-refractivity contribution in [3.63, 3.8) is 0 Å². The van der Waals surface area contributed by atoms with Crippen LogP contribution >= 0.6 is 0 Å². The molecule has 3 heterocycles. The van der Waals surface area contributed by atoms with E-state index in [4.69, 9.17) is 4.74 Å². The summed E-state index contributed by atoms with van der Waals surface area (Å²) in [6.45, 7) is 0.712. The Morgan fingerprint density at radius 2 is 2.23 bits per heavy atom. The summed E-state index contributed by atoms with van der Waals surface area (Å²) >= 11 is 0. The first-order valence-electron chi connectivity index (χ1n) is 6.78. The summed E-state index contributed by atoms with van der Waals surface area (Å²) in [4.78, 5) is 15.9. The van der Waals surface area contributed by atoms with Gasteiger partial charge in [-0.15, -0.1) is 0 Å². The van der Waals surface area contributed by atoms with Crippen LogP contribution in [-0.4, -0.2) is 37.9 Å². The summed E-state index contributed by atoms with van der Waals surface area (Å²) in [5.41, 5.74) is 3.16. The third-order valence-electron chi connectivity index (χ3n) is 3.45. The molecule has 3 N–H and O–H groups in total. The minimum atomic E-state index is -0.333. The predicted molar refractivity (Wildman–Crippen MR) is 77.6 cm³/mol. The molecule has 0 radical (unpaired) electrons. The minimum Gasteiger partial charge on any atom is -0.493 e. The topological polar surface area (TPSA) is 109 Å². The molecule has 4 rings (SSSR count). The lowest BCUT2D eigenvalue weighted by Crippen LogP contribution is -2.13. The third kappa shape index (κ3) is 2.20. The maximum absolute atomic E-state index is 12.1. The largest absolute Gasteiger partial charge is 0.493 e. The number of H-pyrrole nitrogens is 2. The number of nitrogens with one attached hydrogen (secondary N) is 3. The number of aromatic nitrogens is 5. The Bertz CT molecular complexity index is 824. The minimum absolute atomic E-state index is 0.288. The number of carbonyl (C=O) groups excluding carboxylic acids is 1. The Balaban J connectivity index is 1.57. The second-order valence-corrected chi connectivity index (χ2v) is 4.88. The van der Waals surface area contributed by atoms with Gasteiger partial charge >= 0.3 is 0 Å². The maximum atomic E-state index is 12.1. The van der Waals surface area contributed by atoms with Gasteiger partial charge in [0, 0.05) is 12.0 Å². The van der Waals surface area contributed by atoms with Gasteiger partial charge in [0.1, 0.15) is 17.8 Å². The first-order chi connectivity index (χ1) is 10.8. The van der Waals surface area contributed by atoms with E-state index < -0.39 is 0 Å². The molecule has 0 fully saturated rings. The smallest absolute Gasteiger partial charge is 0.276 e. The molecule has 0 unspecified atom stereocenters. The first kappa shape index (κ1) is 12.6. The molecule has 1 aromatic carbocycles. The van der Waals surface area contributed by atoms with Crippen molar-refractivity contribution in [2.45, 2.75) is 6.42 Å². The monoisotopic (exact) mass is 296 g/mol. The molecule has 1 amide bonds. The van der Waals surface area contributed by atoms with Gasteiger partial charge in [-0.25, -0.2) is 5.10 Å². The summed E-state index contributed by atoms with van der Waals surface area (Å²) in [6, 6.07) is 7.60. The number of fused-ring (bicyclic) bond motifs is 1. The molecular formula is C14H12N6O2. The van der Waals surface area contributed by atoms with E-state index in [0.717, 1.165) is 23.3 Å². The molecule has 1 aliphatic heterocycles. The molecule has 8 nitrogen and oxygen atoms in total. The van der Waals surface area contributed by atoms with Gasteiger partial charge in [0.2, 0.25) is 5.95 Å². The zero-order valence-electron chi connectivity index (χ0n) is 11.5. The Morgan fingerprint density at radius 1 is 1.27 bits per heavy atom. The predicted octanol–water partition coefficient (Wildman–Crippen LogP) is 1.38. The van der Waals surface area contributed by atoms with Crippen LogP contribution < -0.4 is 10.1 Å². The highest BCUT2D eigenvalue weighted by Crippen LogP contribution is 2.29. The zero-order chi connectivity index (χ0) is 14.9. The Hall–Kier alpha value is -3.16. The summed E-state index contributed by atoms with van der Waals surface area (Å²) in [5.74, 6) is 0.874. The van der Waals surface area contributed by atoms with Gasteiger partial charge in [0.25, 0.3) is 5.91 Å². The number of rotatable bonds is 3. The number of ether oxygens (including phenoxy) is 1. The standard InChI is InChI=1S/C14H12N6O2/c21-13(17-14-15-7-16-20-14)11-6-10(18-19-11)8-1-2-12-9(5-8)3-4-22-12/h1-2,5-7H,3-4H2,(H,18,19)(H2,15,16,17,20,21). The van der Waals surface area contributed by atoms with Crippen LogP contribution in [-0.2, 0) is 6.42 Å². The average Bonchev–Trinajstić information content (AvgIpc) is 3.27. The number of carbonyl (C=O) groups is 1. The fourth-order valence-corrected chi connectivity index (χ4v) is 2.37. The molecule has 2 aromatic heterocycles. The van der Waals surface area contributed by atoms with Gasteiger partial charge in [-0.2, -0.15) is 15.2 Å². The van der Waals surface area contributed by atoms with Crippen molar-refractivity contribution in [3.05, 3.63) is 41.9 Å². The fraction of sp³-hybridized carbons (Fsp3) is 0.143. The number of nitrogens with zero attached hydrogens (tertiary/aromatic N) is 3. The summed E-state index contributed by atoms with van der Waals surface area (Å²) in [7, 11) is 0. The molecule has 0 bridgehead atoms. The van der Waals surface area contributed by atoms with E-state index in [2.05, 4.69) is 30.7 Å². The Kier molecular flexibility index (Phi) is 2.85. The van der Waals surface area contributed by atoms with Crippen molar-refractivity contribution in [2.75, 3.05) is 11.9 Å². The van der Waals surface area contributed by atoms with Gasteiger partial charge in [0.15, 0.2) is 0 Å². The fourth-order valence-electron chi connectivity index (χ4n) is 2.37. The van der Waals surface area contributed by atoms with Gasteiger partial charge in [-0.1, -0.05) is 0 Å². The van der Waals surface area contributed by atoms with E-state index in [0.29, 0.717) is 18.0 Å². The van der Waals surface area contributed by atoms with Crippen molar-refractivity contribution >= 4 is 11.9 Å². The lowest BCUT2D eigenvalue weighted by atomic mass is 10.1. The van der Waals surface area contributed by atoms with E-state index in [1.165, 1.54) is 6.33 Å². The normalized spacial score (nSPS) is 12.7. The highest BCUT2D eigenvalue weighted by molar-refractivity contribution is 6.02. The van der Waals surface area contributed by atoms with Gasteiger partial charge < -0.3 is 4.74 Å². The lowest BCUT2D eigenvalue weighted by Gasteiger charge is -2.00. The number of amides is 1. The van der Waals surface area contributed by atoms with Crippen LogP contribution in [0, 0.1) is 0 Å². The van der Waals surface area contributed by atoms with Crippen molar-refractivity contribution in [2.24, 2.45) is 0 Å². The lowest BCUT2D eigenvalue weighted by molar-refractivity contribution is 0.102. The number of anilines is 1. The number of benzene rings is 1. The number of hydrogen-bond acceptors (Lipinski definition) is 5. The van der Waals surface area contributed by atoms with E-state index in [1.54, 1.807) is 6.07 Å². The molecular weight excluding hydrogens is 284 g/mol. The SMILES string of the molecule is O=C(Nc1ncn[nH]1)c1cc(-c2ccc3c(c2)CCO3)n[nH]1. The number of aromatic amines is 2. The van der Waals surface area contributed by atoms with E-state index in [1.807, 2.05) is 18.2 Å². The van der Waals surface area contributed by atoms with Crippen molar-refractivity contribution < 1.29 is 9.53 Å². The van der Waals surface area contributed by atoms with E-state index >= 15 is 0 Å². The third-order valence-corrected chi connectivity index (χ3v) is 3.45. The zero-order valence-corrected chi connectivity index (χ0v) is 11.5. The highest BCUT2D eigenvalue weighted by Gasteiger charge is 2.16. The van der Waals surface area contributed by atoms with E-state index in [-0.39, 0.29) is 11.9 Å². The number of hydrogen-bond donors (Lipinski definition) is 3. The molecule has 1 aliphatic rings. The van der Waals surface area contributed by atoms with Gasteiger partial charge in [-0.05, 0) is 29.8 Å². The average molecular weight is 296 g/mol. The molecule has 0 saturated heterocycles. The van der Waals surface area contributed by atoms with Crippen LogP contribution in [0.5, 0.6) is 5.75 Å². The Labute approximate surface area is 124 Å². The molecule has 0 saturated carbocycles. The molecule has 22 heavy (non-hydrogen) atoms. The molecule has 0 spiro atoms. The molecule has 0 aliphatic carbocycles. The van der Waals surface area contributed by atoms with Gasteiger partial charge in [0.05, 0.1) is 12.3 Å².